The number of aliphatic hydroxyl groups is 2. The van der Waals surface area contributed by atoms with Crippen molar-refractivity contribution < 1.29 is 55.0 Å². The Bertz CT molecular complexity index is 2470. The van der Waals surface area contributed by atoms with Crippen LogP contribution in [0.4, 0.5) is 58.4 Å². The van der Waals surface area contributed by atoms with Crippen molar-refractivity contribution in [1.82, 2.24) is 29.9 Å². The molecule has 0 aliphatic rings. The smallest absolute Gasteiger partial charge is 0.357 e. The van der Waals surface area contributed by atoms with Crippen LogP contribution >= 0.6 is 0 Å². The van der Waals surface area contributed by atoms with Gasteiger partial charge >= 0.3 is 22.7 Å². The molecule has 2 heterocycles. The van der Waals surface area contributed by atoms with Crippen molar-refractivity contribution >= 4 is 93.3 Å². The Morgan fingerprint density at radius 3 is 1.14 bits per heavy atom. The van der Waals surface area contributed by atoms with E-state index in [1.165, 1.54) is 12.1 Å². The van der Waals surface area contributed by atoms with E-state index in [1.807, 2.05) is 60.7 Å². The maximum Gasteiger partial charge on any atom is 0.357 e. The molecule has 10 N–H and O–H groups in total. The van der Waals surface area contributed by atoms with Gasteiger partial charge in [0.15, 0.2) is 11.5 Å². The van der Waals surface area contributed by atoms with Crippen molar-refractivity contribution in [2.75, 3.05) is 111 Å². The fourth-order valence-corrected chi connectivity index (χ4v) is 6.79. The maximum absolute atomic E-state index is 12.0. The van der Waals surface area contributed by atoms with Crippen molar-refractivity contribution in [2.24, 2.45) is 0 Å². The van der Waals surface area contributed by atoms with E-state index in [9.17, 15) is 17.5 Å². The second-order valence-electron chi connectivity index (χ2n) is 14.7. The number of anilines is 10. The first-order valence-electron chi connectivity index (χ1n) is 22.5. The van der Waals surface area contributed by atoms with Crippen LogP contribution in [0.15, 0.2) is 97.1 Å². The summed E-state index contributed by atoms with van der Waals surface area (Å²) in [5, 5.41) is 36.6. The molecule has 4 aromatic carbocycles. The summed E-state index contributed by atoms with van der Waals surface area (Å²) in [6.07, 6.45) is 4.41. The largest absolute Gasteiger partial charge is 0.394 e. The van der Waals surface area contributed by atoms with Crippen LogP contribution in [0.25, 0.3) is 12.2 Å². The quantitative estimate of drug-likeness (QED) is 0.0128. The van der Waals surface area contributed by atoms with E-state index in [-0.39, 0.29) is 73.6 Å². The van der Waals surface area contributed by atoms with Crippen LogP contribution in [0, 0.1) is 0 Å². The van der Waals surface area contributed by atoms with Crippen LogP contribution in [0.2, 0.25) is 0 Å². The molecule has 0 aliphatic carbocycles. The van der Waals surface area contributed by atoms with Gasteiger partial charge in [-0.3, -0.25) is 9.11 Å². The summed E-state index contributed by atoms with van der Waals surface area (Å²) in [7, 11) is 0. The van der Waals surface area contributed by atoms with E-state index >= 15 is 0 Å². The first-order chi connectivity index (χ1) is 35.2. The molecule has 2 atom stereocenters. The molecule has 384 valence electrons. The molecule has 6 rings (SSSR count). The molecule has 0 saturated carbocycles. The lowest BCUT2D eigenvalue weighted by molar-refractivity contribution is 0.0331. The van der Waals surface area contributed by atoms with Gasteiger partial charge in [-0.05, 0) is 61.4 Å². The molecule has 6 aromatic rings. The van der Waals surface area contributed by atoms with Crippen LogP contribution in [-0.2, 0) is 41.7 Å². The molecule has 0 radical (unpaired) electrons. The molecular formula is C46H56N12O12S2. The van der Waals surface area contributed by atoms with Gasteiger partial charge in [-0.25, -0.2) is 0 Å². The number of aromatic nitrogens is 6. The monoisotopic (exact) mass is 1030 g/mol. The summed E-state index contributed by atoms with van der Waals surface area (Å²) < 4.78 is 75.8. The van der Waals surface area contributed by atoms with E-state index in [0.717, 1.165) is 11.4 Å². The molecule has 2 aromatic heterocycles. The average molecular weight is 1030 g/mol. The van der Waals surface area contributed by atoms with Gasteiger partial charge < -0.3 is 69.4 Å². The summed E-state index contributed by atoms with van der Waals surface area (Å²) in [6.45, 7) is 3.82. The van der Waals surface area contributed by atoms with E-state index < -0.39 is 22.7 Å². The Labute approximate surface area is 420 Å². The molecule has 26 heteroatoms. The molecule has 0 spiro atoms. The standard InChI is InChI=1S/C46H56N12O12S2/c59-21-25-67-29-27-65-23-7-19-47-41-53-43(49-35-9-3-1-4-10-35)57-45(55-41)51-37-17-15-33(39(31-37)69-71(61)62)13-14-34-16-18-38(32-40(34)70-72(63)64)52-46-56-42(48-20-8-24-66-28-30-68-26-22-60)54-44(58-46)50-36-11-5-2-6-12-36/h1-6,9-18,31-32,59-60H,7-8,19-30H2,(H,61,62)(H,63,64)(H3,47,49,51,53,55,57)(H3,48,50,52,54,56,58)/b14-13+. The lowest BCUT2D eigenvalue weighted by Gasteiger charge is -2.13. The fraction of sp³-hybridized carbons (Fsp3) is 0.304. The molecule has 0 fully saturated rings. The number of para-hydroxylation sites is 2. The SMILES string of the molecule is O=S(O)Oc1cc(Nc2nc(NCCCOCCOCCO)nc(Nc3ccccc3)n2)ccc1/C=C/c1ccc(Nc2nc(NCCCOCCOCCO)nc(Nc3ccccc3)n2)cc1OS(=O)O. The molecule has 0 aliphatic heterocycles. The number of hydrogen-bond donors (Lipinski definition) is 10. The van der Waals surface area contributed by atoms with Gasteiger partial charge in [0.25, 0.3) is 0 Å². The number of benzene rings is 4. The molecular weight excluding hydrogens is 977 g/mol. The molecule has 72 heavy (non-hydrogen) atoms. The zero-order valence-corrected chi connectivity index (χ0v) is 40.5. The zero-order chi connectivity index (χ0) is 50.6. The van der Waals surface area contributed by atoms with Gasteiger partial charge in [-0.2, -0.15) is 38.3 Å². The topological polar surface area (TPSA) is 320 Å². The third-order valence-corrected chi connectivity index (χ3v) is 9.99. The predicted octanol–water partition coefficient (Wildman–Crippen LogP) is 5.89. The summed E-state index contributed by atoms with van der Waals surface area (Å²) in [5.41, 5.74) is 2.98. The third-order valence-electron chi connectivity index (χ3n) is 9.35. The number of nitrogens with one attached hydrogen (secondary N) is 6. The van der Waals surface area contributed by atoms with Crippen LogP contribution < -0.4 is 40.3 Å². The minimum atomic E-state index is -2.72. The van der Waals surface area contributed by atoms with Crippen molar-refractivity contribution in [3.63, 3.8) is 0 Å². The van der Waals surface area contributed by atoms with E-state index in [0.29, 0.717) is 88.1 Å². The van der Waals surface area contributed by atoms with E-state index in [2.05, 4.69) is 61.8 Å². The predicted molar refractivity (Wildman–Crippen MR) is 274 cm³/mol. The Balaban J connectivity index is 1.17. The van der Waals surface area contributed by atoms with Crippen molar-refractivity contribution in [3.05, 3.63) is 108 Å². The Kier molecular flexibility index (Phi) is 23.2. The molecule has 0 saturated heterocycles. The van der Waals surface area contributed by atoms with Crippen LogP contribution in [0.5, 0.6) is 11.5 Å². The Morgan fingerprint density at radius 2 is 0.778 bits per heavy atom. The van der Waals surface area contributed by atoms with Gasteiger partial charge in [-0.15, -0.1) is 0 Å². The molecule has 2 unspecified atom stereocenters. The summed E-state index contributed by atoms with van der Waals surface area (Å²) in [4.78, 5) is 27.1. The van der Waals surface area contributed by atoms with Gasteiger partial charge in [-0.1, -0.05) is 48.6 Å². The highest BCUT2D eigenvalue weighted by Gasteiger charge is 2.14. The van der Waals surface area contributed by atoms with Crippen molar-refractivity contribution in [2.45, 2.75) is 12.8 Å². The second kappa shape index (κ2) is 30.7. The van der Waals surface area contributed by atoms with Gasteiger partial charge in [0.1, 0.15) is 0 Å². The molecule has 24 nitrogen and oxygen atoms in total. The maximum atomic E-state index is 12.0. The third kappa shape index (κ3) is 20.0. The van der Waals surface area contributed by atoms with Gasteiger partial charge in [0, 0.05) is 72.3 Å². The lowest BCUT2D eigenvalue weighted by Crippen LogP contribution is -2.13. The minimum absolute atomic E-state index is 0.00379. The van der Waals surface area contributed by atoms with Gasteiger partial charge in [0.2, 0.25) is 35.7 Å². The number of rotatable bonds is 34. The number of ether oxygens (including phenoxy) is 4. The van der Waals surface area contributed by atoms with Crippen molar-refractivity contribution in [3.8, 4) is 11.5 Å². The second-order valence-corrected chi connectivity index (χ2v) is 15.9. The fourth-order valence-electron chi connectivity index (χ4n) is 6.19. The summed E-state index contributed by atoms with van der Waals surface area (Å²) in [6, 6.07) is 28.2. The van der Waals surface area contributed by atoms with Gasteiger partial charge in [0.05, 0.1) is 52.9 Å². The van der Waals surface area contributed by atoms with Crippen LogP contribution in [0.3, 0.4) is 0 Å². The van der Waals surface area contributed by atoms with E-state index in [1.54, 1.807) is 36.4 Å². The van der Waals surface area contributed by atoms with Crippen LogP contribution in [-0.4, -0.2) is 137 Å². The molecule has 0 amide bonds. The Morgan fingerprint density at radius 1 is 0.431 bits per heavy atom. The minimum Gasteiger partial charge on any atom is -0.394 e. The van der Waals surface area contributed by atoms with Crippen LogP contribution in [0.1, 0.15) is 24.0 Å². The average Bonchev–Trinajstić information content (AvgIpc) is 3.36. The normalized spacial score (nSPS) is 12.0. The highest BCUT2D eigenvalue weighted by atomic mass is 32.2. The zero-order valence-electron chi connectivity index (χ0n) is 38.8. The Hall–Kier alpha value is -6.98. The first-order valence-corrected chi connectivity index (χ1v) is 24.5. The van der Waals surface area contributed by atoms with Crippen molar-refractivity contribution in [1.29, 1.82) is 0 Å². The summed E-state index contributed by atoms with van der Waals surface area (Å²) >= 11 is -5.44. The molecule has 0 bridgehead atoms. The number of aliphatic hydroxyl groups excluding tert-OH is 2. The number of hydrogen-bond acceptors (Lipinski definition) is 22. The lowest BCUT2D eigenvalue weighted by atomic mass is 10.1. The first kappa shape index (κ1) is 54.4. The highest BCUT2D eigenvalue weighted by Crippen LogP contribution is 2.32. The van der Waals surface area contributed by atoms with E-state index in [4.69, 9.17) is 37.5 Å². The highest BCUT2D eigenvalue weighted by molar-refractivity contribution is 7.74. The summed E-state index contributed by atoms with van der Waals surface area (Å²) in [5.74, 6) is 1.28. The number of nitrogens with zero attached hydrogens (tertiary/aromatic N) is 6.